The van der Waals surface area contributed by atoms with E-state index in [9.17, 15) is 18.0 Å². The van der Waals surface area contributed by atoms with Crippen LogP contribution in [0.4, 0.5) is 11.4 Å². The molecular weight excluding hydrogens is 410 g/mol. The lowest BCUT2D eigenvalue weighted by Crippen LogP contribution is -2.39. The molecule has 0 bridgehead atoms. The average molecular weight is 436 g/mol. The van der Waals surface area contributed by atoms with E-state index in [4.69, 9.17) is 9.47 Å². The number of likely N-dealkylation sites (N-methyl/N-ethyl adjacent to an activating group) is 2. The Balaban J connectivity index is 2.14. The van der Waals surface area contributed by atoms with Gasteiger partial charge in [0.2, 0.25) is 21.8 Å². The SMILES string of the molecule is COc1ccc(N(C)C(=O)CN(C)S(=O)(=O)c2ccc(NC(C)=O)cc2)cc1OC. The summed E-state index contributed by atoms with van der Waals surface area (Å²) in [7, 11) is 1.98. The highest BCUT2D eigenvalue weighted by Crippen LogP contribution is 2.31. The minimum absolute atomic E-state index is 0.0145. The van der Waals surface area contributed by atoms with Gasteiger partial charge in [-0.25, -0.2) is 8.42 Å². The van der Waals surface area contributed by atoms with Crippen LogP contribution < -0.4 is 19.7 Å². The first kappa shape index (κ1) is 23.2. The van der Waals surface area contributed by atoms with Crippen molar-refractivity contribution in [2.45, 2.75) is 11.8 Å². The number of rotatable bonds is 8. The largest absolute Gasteiger partial charge is 0.493 e. The Morgan fingerprint density at radius 2 is 1.57 bits per heavy atom. The predicted molar refractivity (Wildman–Crippen MR) is 114 cm³/mol. The Kier molecular flexibility index (Phi) is 7.41. The second-order valence-corrected chi connectivity index (χ2v) is 8.50. The van der Waals surface area contributed by atoms with Crippen LogP contribution in [-0.4, -0.2) is 59.4 Å². The number of carbonyl (C=O) groups excluding carboxylic acids is 2. The Bertz CT molecular complexity index is 1020. The second kappa shape index (κ2) is 9.59. The highest BCUT2D eigenvalue weighted by atomic mass is 32.2. The molecule has 0 unspecified atom stereocenters. The van der Waals surface area contributed by atoms with Crippen molar-refractivity contribution in [1.29, 1.82) is 0 Å². The summed E-state index contributed by atoms with van der Waals surface area (Å²) in [6.07, 6.45) is 0. The van der Waals surface area contributed by atoms with Gasteiger partial charge in [-0.05, 0) is 36.4 Å². The van der Waals surface area contributed by atoms with Gasteiger partial charge in [-0.2, -0.15) is 4.31 Å². The minimum atomic E-state index is -3.89. The predicted octanol–water partition coefficient (Wildman–Crippen LogP) is 1.95. The molecule has 2 rings (SSSR count). The molecule has 0 aliphatic rings. The maximum absolute atomic E-state index is 12.8. The summed E-state index contributed by atoms with van der Waals surface area (Å²) in [6.45, 7) is 1.000. The molecule has 10 heteroatoms. The number of nitrogens with one attached hydrogen (secondary N) is 1. The quantitative estimate of drug-likeness (QED) is 0.679. The number of methoxy groups -OCH3 is 2. The first-order valence-electron chi connectivity index (χ1n) is 8.92. The number of ether oxygens (including phenoxy) is 2. The fourth-order valence-electron chi connectivity index (χ4n) is 2.65. The van der Waals surface area contributed by atoms with Gasteiger partial charge in [0.1, 0.15) is 0 Å². The summed E-state index contributed by atoms with van der Waals surface area (Å²) >= 11 is 0. The van der Waals surface area contributed by atoms with Crippen LogP contribution in [0.2, 0.25) is 0 Å². The minimum Gasteiger partial charge on any atom is -0.493 e. The highest BCUT2D eigenvalue weighted by Gasteiger charge is 2.25. The number of hydrogen-bond acceptors (Lipinski definition) is 6. The van der Waals surface area contributed by atoms with Crippen LogP contribution >= 0.6 is 0 Å². The molecule has 30 heavy (non-hydrogen) atoms. The molecule has 9 nitrogen and oxygen atoms in total. The Hall–Kier alpha value is -3.11. The molecule has 0 aromatic heterocycles. The zero-order valence-corrected chi connectivity index (χ0v) is 18.3. The van der Waals surface area contributed by atoms with Crippen molar-refractivity contribution >= 4 is 33.2 Å². The molecule has 0 spiro atoms. The van der Waals surface area contributed by atoms with Crippen LogP contribution in [0.1, 0.15) is 6.92 Å². The molecule has 0 saturated carbocycles. The van der Waals surface area contributed by atoms with E-state index in [1.54, 1.807) is 25.2 Å². The first-order chi connectivity index (χ1) is 14.1. The lowest BCUT2D eigenvalue weighted by atomic mass is 10.2. The molecule has 2 amide bonds. The Labute approximate surface area is 176 Å². The molecule has 2 aromatic carbocycles. The fourth-order valence-corrected chi connectivity index (χ4v) is 3.77. The van der Waals surface area contributed by atoms with Crippen LogP contribution in [0, 0.1) is 0 Å². The fraction of sp³-hybridized carbons (Fsp3) is 0.300. The monoisotopic (exact) mass is 435 g/mol. The van der Waals surface area contributed by atoms with Crippen LogP contribution in [0.15, 0.2) is 47.4 Å². The molecule has 1 N–H and O–H groups in total. The Morgan fingerprint density at radius 1 is 0.967 bits per heavy atom. The zero-order valence-electron chi connectivity index (χ0n) is 17.5. The molecule has 0 radical (unpaired) electrons. The summed E-state index contributed by atoms with van der Waals surface area (Å²) in [4.78, 5) is 25.1. The normalized spacial score (nSPS) is 11.1. The molecule has 0 fully saturated rings. The molecule has 0 heterocycles. The van der Waals surface area contributed by atoms with E-state index >= 15 is 0 Å². The number of hydrogen-bond donors (Lipinski definition) is 1. The van der Waals surface area contributed by atoms with Gasteiger partial charge in [0, 0.05) is 38.5 Å². The van der Waals surface area contributed by atoms with E-state index in [0.717, 1.165) is 4.31 Å². The second-order valence-electron chi connectivity index (χ2n) is 6.46. The molecule has 0 atom stereocenters. The van der Waals surface area contributed by atoms with Gasteiger partial charge in [0.05, 0.1) is 25.7 Å². The number of sulfonamides is 1. The summed E-state index contributed by atoms with van der Waals surface area (Å²) < 4.78 is 36.9. The van der Waals surface area contributed by atoms with Crippen molar-refractivity contribution in [2.75, 3.05) is 45.1 Å². The van der Waals surface area contributed by atoms with Crippen molar-refractivity contribution in [3.63, 3.8) is 0 Å². The molecule has 0 aliphatic carbocycles. The van der Waals surface area contributed by atoms with Crippen molar-refractivity contribution < 1.29 is 27.5 Å². The topological polar surface area (TPSA) is 105 Å². The third kappa shape index (κ3) is 5.28. The van der Waals surface area contributed by atoms with Gasteiger partial charge in [-0.1, -0.05) is 0 Å². The third-order valence-corrected chi connectivity index (χ3v) is 6.19. The molecule has 162 valence electrons. The summed E-state index contributed by atoms with van der Waals surface area (Å²) in [6, 6.07) is 10.7. The van der Waals surface area contributed by atoms with Crippen molar-refractivity contribution in [2.24, 2.45) is 0 Å². The standard InChI is InChI=1S/C20H25N3O6S/c1-14(24)21-15-6-9-17(10-7-15)30(26,27)22(2)13-20(25)23(3)16-8-11-18(28-4)19(12-16)29-5/h6-12H,13H2,1-5H3,(H,21,24). The summed E-state index contributed by atoms with van der Waals surface area (Å²) in [5, 5.41) is 2.57. The maximum Gasteiger partial charge on any atom is 0.243 e. The Morgan fingerprint density at radius 3 is 2.10 bits per heavy atom. The summed E-state index contributed by atoms with van der Waals surface area (Å²) in [5.74, 6) is 0.286. The van der Waals surface area contributed by atoms with Gasteiger partial charge in [-0.3, -0.25) is 9.59 Å². The van der Waals surface area contributed by atoms with E-state index < -0.39 is 15.9 Å². The van der Waals surface area contributed by atoms with Crippen molar-refractivity contribution in [3.05, 3.63) is 42.5 Å². The third-order valence-electron chi connectivity index (χ3n) is 4.37. The lowest BCUT2D eigenvalue weighted by molar-refractivity contribution is -0.118. The van der Waals surface area contributed by atoms with E-state index in [-0.39, 0.29) is 17.3 Å². The zero-order chi connectivity index (χ0) is 22.5. The number of amides is 2. The average Bonchev–Trinajstić information content (AvgIpc) is 2.72. The number of nitrogens with zero attached hydrogens (tertiary/aromatic N) is 2. The lowest BCUT2D eigenvalue weighted by Gasteiger charge is -2.22. The number of carbonyl (C=O) groups is 2. The van der Waals surface area contributed by atoms with E-state index in [1.165, 1.54) is 57.4 Å². The number of benzene rings is 2. The maximum atomic E-state index is 12.8. The first-order valence-corrected chi connectivity index (χ1v) is 10.4. The summed E-state index contributed by atoms with van der Waals surface area (Å²) in [5.41, 5.74) is 1.01. The highest BCUT2D eigenvalue weighted by molar-refractivity contribution is 7.89. The van der Waals surface area contributed by atoms with Gasteiger partial charge >= 0.3 is 0 Å². The van der Waals surface area contributed by atoms with Crippen molar-refractivity contribution in [3.8, 4) is 11.5 Å². The van der Waals surface area contributed by atoms with Gasteiger partial charge in [0.25, 0.3) is 0 Å². The van der Waals surface area contributed by atoms with Crippen LogP contribution in [0.3, 0.4) is 0 Å². The molecular formula is C20H25N3O6S. The molecule has 0 saturated heterocycles. The van der Waals surface area contributed by atoms with Crippen LogP contribution in [0.25, 0.3) is 0 Å². The number of anilines is 2. The van der Waals surface area contributed by atoms with Gasteiger partial charge in [-0.15, -0.1) is 0 Å². The van der Waals surface area contributed by atoms with Gasteiger partial charge in [0.15, 0.2) is 11.5 Å². The van der Waals surface area contributed by atoms with Crippen LogP contribution in [0.5, 0.6) is 11.5 Å². The van der Waals surface area contributed by atoms with E-state index in [1.807, 2.05) is 0 Å². The molecule has 2 aromatic rings. The van der Waals surface area contributed by atoms with Crippen molar-refractivity contribution in [1.82, 2.24) is 4.31 Å². The van der Waals surface area contributed by atoms with E-state index in [0.29, 0.717) is 22.9 Å². The smallest absolute Gasteiger partial charge is 0.243 e. The van der Waals surface area contributed by atoms with E-state index in [2.05, 4.69) is 5.32 Å². The van der Waals surface area contributed by atoms with Crippen LogP contribution in [-0.2, 0) is 19.6 Å². The van der Waals surface area contributed by atoms with Gasteiger partial charge < -0.3 is 19.7 Å². The molecule has 0 aliphatic heterocycles.